The Morgan fingerprint density at radius 2 is 1.13 bits per heavy atom. The molecule has 4 atom stereocenters. The summed E-state index contributed by atoms with van der Waals surface area (Å²) < 4.78 is 116. The van der Waals surface area contributed by atoms with E-state index < -0.39 is 56.3 Å². The average molecular weight is 756 g/mol. The lowest BCUT2D eigenvalue weighted by molar-refractivity contribution is -0.292. The zero-order valence-corrected chi connectivity index (χ0v) is 28.2. The number of aromatic amines is 2. The van der Waals surface area contributed by atoms with Crippen molar-refractivity contribution in [2.45, 2.75) is 81.2 Å². The predicted molar refractivity (Wildman–Crippen MR) is 165 cm³/mol. The van der Waals surface area contributed by atoms with Crippen LogP contribution in [-0.2, 0) is 28.5 Å². The molecule has 0 aliphatic heterocycles. The number of aryl methyl sites for hydroxylation is 2. The van der Waals surface area contributed by atoms with E-state index >= 15 is 0 Å². The monoisotopic (exact) mass is 754 g/mol. The van der Waals surface area contributed by atoms with Crippen LogP contribution in [0.4, 0.5) is 35.1 Å². The van der Waals surface area contributed by atoms with Gasteiger partial charge in [0, 0.05) is 21.8 Å². The highest BCUT2D eigenvalue weighted by atomic mass is 35.5. The number of halogens is 12. The van der Waals surface area contributed by atoms with Gasteiger partial charge in [-0.05, 0) is 80.7 Å². The third kappa shape index (κ3) is 5.71. The Bertz CT molecular complexity index is 1820. The summed E-state index contributed by atoms with van der Waals surface area (Å²) in [6, 6.07) is 5.76. The predicted octanol–water partition coefficient (Wildman–Crippen LogP) is 10.9. The van der Waals surface area contributed by atoms with Crippen molar-refractivity contribution in [1.82, 2.24) is 9.97 Å². The molecule has 2 aromatic heterocycles. The van der Waals surface area contributed by atoms with E-state index in [0.29, 0.717) is 21.9 Å². The zero-order valence-electron chi connectivity index (χ0n) is 24.2. The molecule has 0 spiro atoms. The molecule has 4 unspecified atom stereocenters. The van der Waals surface area contributed by atoms with Crippen molar-refractivity contribution >= 4 is 76.5 Å². The topological polar surface area (TPSA) is 61.0 Å². The van der Waals surface area contributed by atoms with Crippen LogP contribution >= 0.6 is 46.4 Å². The Labute approximate surface area is 278 Å². The van der Waals surface area contributed by atoms with Crippen molar-refractivity contribution in [2.75, 3.05) is 0 Å². The number of benzene rings is 2. The highest BCUT2D eigenvalue weighted by Crippen LogP contribution is 2.54. The smallest absolute Gasteiger partial charge is 0.397 e. The van der Waals surface area contributed by atoms with E-state index in [0.717, 1.165) is 0 Å². The van der Waals surface area contributed by atoms with Crippen LogP contribution in [0.2, 0.25) is 39.7 Å². The van der Waals surface area contributed by atoms with E-state index in [-0.39, 0.29) is 56.1 Å². The van der Waals surface area contributed by atoms with Crippen LogP contribution in [0.25, 0.3) is 21.8 Å². The van der Waals surface area contributed by atoms with Crippen molar-refractivity contribution in [1.29, 1.82) is 0 Å². The van der Waals surface area contributed by atoms with Gasteiger partial charge in [-0.3, -0.25) is 0 Å². The van der Waals surface area contributed by atoms with Gasteiger partial charge in [-0.25, -0.2) is 8.78 Å². The van der Waals surface area contributed by atoms with Crippen LogP contribution in [0, 0.1) is 0 Å². The van der Waals surface area contributed by atoms with E-state index in [4.69, 9.17) is 50.8 Å². The number of alkyl halides is 8. The summed E-state index contributed by atoms with van der Waals surface area (Å²) in [5.74, 6) is 0. The number of aromatic nitrogens is 2. The molecule has 46 heavy (non-hydrogen) atoms. The first-order valence-electron chi connectivity index (χ1n) is 13.9. The first-order chi connectivity index (χ1) is 21.0. The normalized spacial score (nSPS) is 25.3. The van der Waals surface area contributed by atoms with Crippen molar-refractivity contribution < 1.29 is 44.7 Å². The third-order valence-electron chi connectivity index (χ3n) is 8.16. The van der Waals surface area contributed by atoms with E-state index in [1.54, 1.807) is 19.6 Å². The SMILES string of the molecule is C[Si](C)(C)OC1(C(F)(F)F)c2[nH]c3cc(Cl)c(Cl)cc3c2CCC1F.OC1(C(F)(F)F)c2[nH]c3cc(Cl)c(Cl)cc3c2CCC1F. The lowest BCUT2D eigenvalue weighted by Crippen LogP contribution is -2.58. The fourth-order valence-electron chi connectivity index (χ4n) is 6.21. The van der Waals surface area contributed by atoms with Gasteiger partial charge in [0.15, 0.2) is 8.32 Å². The van der Waals surface area contributed by atoms with Crippen molar-refractivity contribution in [3.8, 4) is 0 Å². The minimum absolute atomic E-state index is 0.0762. The molecule has 17 heteroatoms. The maximum Gasteiger partial charge on any atom is 0.425 e. The Morgan fingerprint density at radius 3 is 1.57 bits per heavy atom. The molecule has 2 aliphatic carbocycles. The first kappa shape index (κ1) is 35.6. The number of H-pyrrole nitrogens is 2. The minimum Gasteiger partial charge on any atom is -0.397 e. The quantitative estimate of drug-likeness (QED) is 0.141. The van der Waals surface area contributed by atoms with Crippen LogP contribution in [0.3, 0.4) is 0 Å². The molecular weight excluding hydrogens is 730 g/mol. The maximum absolute atomic E-state index is 14.8. The molecule has 6 rings (SSSR count). The first-order valence-corrected chi connectivity index (χ1v) is 18.8. The largest absolute Gasteiger partial charge is 0.425 e. The van der Waals surface area contributed by atoms with E-state index in [1.165, 1.54) is 24.3 Å². The molecule has 0 fully saturated rings. The second-order valence-electron chi connectivity index (χ2n) is 12.3. The lowest BCUT2D eigenvalue weighted by atomic mass is 9.81. The lowest BCUT2D eigenvalue weighted by Gasteiger charge is -2.44. The van der Waals surface area contributed by atoms with Crippen LogP contribution in [0.1, 0.15) is 35.4 Å². The summed E-state index contributed by atoms with van der Waals surface area (Å²) in [7, 11) is -2.74. The van der Waals surface area contributed by atoms with Crippen LogP contribution in [-0.4, -0.2) is 48.1 Å². The molecule has 2 aromatic carbocycles. The van der Waals surface area contributed by atoms with Crippen LogP contribution in [0.15, 0.2) is 24.3 Å². The van der Waals surface area contributed by atoms with Gasteiger partial charge in [0.2, 0.25) is 11.2 Å². The molecular formula is C29H26Cl4F8N2O2Si. The molecule has 0 radical (unpaired) electrons. The molecule has 2 aliphatic rings. The zero-order chi connectivity index (χ0) is 34.4. The van der Waals surface area contributed by atoms with E-state index in [1.807, 2.05) is 0 Å². The van der Waals surface area contributed by atoms with Gasteiger partial charge < -0.3 is 19.5 Å². The summed E-state index contributed by atoms with van der Waals surface area (Å²) in [5, 5.41) is 11.7. The van der Waals surface area contributed by atoms with Gasteiger partial charge in [0.1, 0.15) is 12.3 Å². The van der Waals surface area contributed by atoms with Crippen molar-refractivity contribution in [2.24, 2.45) is 0 Å². The fourth-order valence-corrected chi connectivity index (χ4v) is 8.18. The Hall–Kier alpha value is -1.74. The third-order valence-corrected chi connectivity index (χ3v) is 10.5. The second-order valence-corrected chi connectivity index (χ2v) is 18.4. The summed E-state index contributed by atoms with van der Waals surface area (Å²) in [5.41, 5.74) is -6.10. The molecule has 3 N–H and O–H groups in total. The molecule has 0 saturated heterocycles. The van der Waals surface area contributed by atoms with Gasteiger partial charge in [0.05, 0.1) is 31.5 Å². The number of nitrogens with one attached hydrogen (secondary N) is 2. The molecule has 252 valence electrons. The number of hydrogen-bond acceptors (Lipinski definition) is 2. The van der Waals surface area contributed by atoms with Crippen LogP contribution < -0.4 is 0 Å². The molecule has 4 aromatic rings. The summed E-state index contributed by atoms with van der Waals surface area (Å²) >= 11 is 23.7. The average Bonchev–Trinajstić information content (AvgIpc) is 3.45. The van der Waals surface area contributed by atoms with Gasteiger partial charge in [-0.15, -0.1) is 0 Å². The molecule has 0 bridgehead atoms. The number of rotatable bonds is 2. The highest BCUT2D eigenvalue weighted by Gasteiger charge is 2.67. The van der Waals surface area contributed by atoms with Gasteiger partial charge in [-0.2, -0.15) is 26.3 Å². The van der Waals surface area contributed by atoms with E-state index in [2.05, 4.69) is 9.97 Å². The minimum atomic E-state index is -5.13. The molecule has 4 nitrogen and oxygen atoms in total. The Morgan fingerprint density at radius 1 is 0.717 bits per heavy atom. The Kier molecular flexibility index (Phi) is 9.04. The van der Waals surface area contributed by atoms with Crippen molar-refractivity contribution in [3.63, 3.8) is 0 Å². The fraction of sp³-hybridized carbons (Fsp3) is 0.448. The van der Waals surface area contributed by atoms with E-state index in [9.17, 15) is 40.2 Å². The number of fused-ring (bicyclic) bond motifs is 6. The van der Waals surface area contributed by atoms with Gasteiger partial charge >= 0.3 is 12.4 Å². The molecule has 0 saturated carbocycles. The Balaban J connectivity index is 0.000000184. The number of aliphatic hydroxyl groups is 1. The summed E-state index contributed by atoms with van der Waals surface area (Å²) in [6.45, 7) is 4.83. The maximum atomic E-state index is 14.8. The summed E-state index contributed by atoms with van der Waals surface area (Å²) in [6.07, 6.45) is -15.1. The molecule has 0 amide bonds. The van der Waals surface area contributed by atoms with Crippen molar-refractivity contribution in [3.05, 3.63) is 66.9 Å². The molecule has 2 heterocycles. The second kappa shape index (κ2) is 11.7. The van der Waals surface area contributed by atoms with Crippen LogP contribution in [0.5, 0.6) is 0 Å². The standard InChI is InChI=1S/C16H17Cl2F4NOSi.C13H9Cl2F4NO/c1-25(2,3)24-15(16(20,21)22)13(19)5-4-8-9-6-10(17)11(18)7-12(9)23-14(8)15;14-7-3-6-5-1-2-10(16)12(21,13(17,18)19)11(5)20-9(6)4-8(7)15/h6-7,13,23H,4-5H2,1-3H3;3-4,10,20-21H,1-2H2. The highest BCUT2D eigenvalue weighted by molar-refractivity contribution is 6.69. The summed E-state index contributed by atoms with van der Waals surface area (Å²) in [4.78, 5) is 5.19. The number of hydrogen-bond donors (Lipinski definition) is 3. The van der Waals surface area contributed by atoms with Gasteiger partial charge in [-0.1, -0.05) is 46.4 Å². The van der Waals surface area contributed by atoms with Gasteiger partial charge in [0.25, 0.3) is 0 Å².